The Labute approximate surface area is 118 Å². The van der Waals surface area contributed by atoms with E-state index in [9.17, 15) is 27.0 Å². The lowest BCUT2D eigenvalue weighted by Crippen LogP contribution is -2.18. The summed E-state index contributed by atoms with van der Waals surface area (Å²) in [5.74, 6) is -3.18. The maximum Gasteiger partial charge on any atom is 0.466 e. The van der Waals surface area contributed by atoms with Crippen molar-refractivity contribution in [2.24, 2.45) is 0 Å². The van der Waals surface area contributed by atoms with Crippen molar-refractivity contribution in [1.82, 2.24) is 0 Å². The first kappa shape index (κ1) is 13.7. The van der Waals surface area contributed by atoms with Gasteiger partial charge in [-0.1, -0.05) is 27.9 Å². The third-order valence-electron chi connectivity index (χ3n) is 2.61. The molecule has 2 N–H and O–H groups in total. The van der Waals surface area contributed by atoms with Crippen molar-refractivity contribution < 1.29 is 39.0 Å². The van der Waals surface area contributed by atoms with Crippen LogP contribution in [0.15, 0.2) is 24.3 Å². The van der Waals surface area contributed by atoms with E-state index in [4.69, 9.17) is 0 Å². The average molecular weight is 334 g/mol. The molecule has 0 unspecified atom stereocenters. The minimum atomic E-state index is -5.03. The van der Waals surface area contributed by atoms with Gasteiger partial charge in [0.1, 0.15) is 0 Å². The zero-order chi connectivity index (χ0) is 15.4. The third-order valence-corrected chi connectivity index (χ3v) is 4.68. The van der Waals surface area contributed by atoms with Crippen LogP contribution in [0.2, 0.25) is 0 Å². The second-order valence-corrected chi connectivity index (χ2v) is 6.46. The predicted molar refractivity (Wildman–Crippen MR) is 67.5 cm³/mol. The van der Waals surface area contributed by atoms with Gasteiger partial charge in [0.25, 0.3) is 0 Å². The van der Waals surface area contributed by atoms with Gasteiger partial charge >= 0.3 is 20.8 Å². The van der Waals surface area contributed by atoms with Crippen molar-refractivity contribution in [1.29, 1.82) is 0 Å². The molecule has 0 spiro atoms. The molecule has 0 radical (unpaired) electrons. The Morgan fingerprint density at radius 1 is 0.762 bits per heavy atom. The fourth-order valence-electron chi connectivity index (χ4n) is 1.85. The van der Waals surface area contributed by atoms with Crippen molar-refractivity contribution in [3.05, 3.63) is 24.3 Å². The minimum Gasteiger partial charge on any atom is -0.504 e. The van der Waals surface area contributed by atoms with Crippen molar-refractivity contribution in [3.63, 3.8) is 0 Å². The molecule has 9 nitrogen and oxygen atoms in total. The molecule has 3 rings (SSSR count). The van der Waals surface area contributed by atoms with E-state index < -0.39 is 43.8 Å². The maximum absolute atomic E-state index is 11.4. The minimum absolute atomic E-state index is 0.00655. The van der Waals surface area contributed by atoms with Gasteiger partial charge < -0.3 is 18.6 Å². The summed E-state index contributed by atoms with van der Waals surface area (Å²) >= 11 is 0. The zero-order valence-corrected chi connectivity index (χ0v) is 11.5. The molecule has 0 atom stereocenters. The van der Waals surface area contributed by atoms with Crippen LogP contribution in [0.1, 0.15) is 0 Å². The van der Waals surface area contributed by atoms with Gasteiger partial charge in [-0.3, -0.25) is 0 Å². The molecule has 2 aromatic rings. The number of hydrogen-bond donors (Lipinski definition) is 2. The van der Waals surface area contributed by atoms with Crippen LogP contribution in [-0.4, -0.2) is 27.0 Å². The largest absolute Gasteiger partial charge is 0.504 e. The van der Waals surface area contributed by atoms with Crippen LogP contribution in [-0.2, 0) is 24.4 Å². The van der Waals surface area contributed by atoms with Crippen LogP contribution in [0.5, 0.6) is 23.0 Å². The molecule has 1 aliphatic heterocycles. The molecule has 0 saturated heterocycles. The highest BCUT2D eigenvalue weighted by atomic mass is 32.3. The standard InChI is InChI=1S/C10H6O9S2/c11-7-5-3-1-2-4-6(5)9-10(8(7)12)18-21(15,16)19-20(13,14)17-9/h1-4,11-12H. The van der Waals surface area contributed by atoms with Crippen molar-refractivity contribution in [3.8, 4) is 23.0 Å². The van der Waals surface area contributed by atoms with Crippen LogP contribution in [0.25, 0.3) is 10.8 Å². The van der Waals surface area contributed by atoms with E-state index in [1.807, 2.05) is 0 Å². The molecular weight excluding hydrogens is 328 g/mol. The molecule has 1 heterocycles. The Hall–Kier alpha value is -2.24. The van der Waals surface area contributed by atoms with E-state index in [0.29, 0.717) is 0 Å². The van der Waals surface area contributed by atoms with Gasteiger partial charge in [0.15, 0.2) is 5.75 Å². The molecule has 112 valence electrons. The topological polar surface area (TPSA) is 136 Å². The monoisotopic (exact) mass is 334 g/mol. The average Bonchev–Trinajstić information content (AvgIpc) is 2.48. The number of benzene rings is 2. The van der Waals surface area contributed by atoms with Crippen LogP contribution in [0.4, 0.5) is 0 Å². The van der Waals surface area contributed by atoms with E-state index in [1.54, 1.807) is 0 Å². The summed E-state index contributed by atoms with van der Waals surface area (Å²) in [6.45, 7) is 0. The van der Waals surface area contributed by atoms with E-state index in [2.05, 4.69) is 12.0 Å². The third kappa shape index (κ3) is 2.20. The predicted octanol–water partition coefficient (Wildman–Crippen LogP) is 0.528. The van der Waals surface area contributed by atoms with Crippen LogP contribution in [0.3, 0.4) is 0 Å². The maximum atomic E-state index is 11.4. The molecule has 0 aromatic heterocycles. The molecule has 0 aliphatic carbocycles. The molecule has 11 heteroatoms. The number of fused-ring (bicyclic) bond motifs is 3. The van der Waals surface area contributed by atoms with Gasteiger partial charge in [0, 0.05) is 10.8 Å². The van der Waals surface area contributed by atoms with Gasteiger partial charge in [-0.25, -0.2) is 0 Å². The molecular formula is C10H6O9S2. The van der Waals surface area contributed by atoms with Gasteiger partial charge in [-0.2, -0.15) is 16.8 Å². The molecule has 2 aromatic carbocycles. The first-order chi connectivity index (χ1) is 9.70. The summed E-state index contributed by atoms with van der Waals surface area (Å²) < 4.78 is 58.1. The van der Waals surface area contributed by atoms with Gasteiger partial charge in [-0.05, 0) is 0 Å². The lowest BCUT2D eigenvalue weighted by molar-refractivity contribution is 0.363. The van der Waals surface area contributed by atoms with E-state index >= 15 is 0 Å². The highest BCUT2D eigenvalue weighted by Gasteiger charge is 2.37. The van der Waals surface area contributed by atoms with Crippen molar-refractivity contribution in [2.75, 3.05) is 0 Å². The lowest BCUT2D eigenvalue weighted by atomic mass is 10.1. The number of phenolic OH excluding ortho intramolecular Hbond substituents is 2. The van der Waals surface area contributed by atoms with Gasteiger partial charge in [0.05, 0.1) is 0 Å². The normalized spacial score (nSPS) is 19.0. The van der Waals surface area contributed by atoms with Gasteiger partial charge in [-0.15, -0.1) is 0 Å². The Morgan fingerprint density at radius 2 is 1.29 bits per heavy atom. The SMILES string of the molecule is O=S1(=O)Oc2c(O)c(O)c3ccccc3c2OS(=O)(=O)O1. The highest BCUT2D eigenvalue weighted by Crippen LogP contribution is 2.51. The second-order valence-electron chi connectivity index (χ2n) is 3.95. The summed E-state index contributed by atoms with van der Waals surface area (Å²) in [4.78, 5) is 0. The second kappa shape index (κ2) is 4.13. The Kier molecular flexibility index (Phi) is 2.70. The van der Waals surface area contributed by atoms with E-state index in [0.717, 1.165) is 0 Å². The summed E-state index contributed by atoms with van der Waals surface area (Å²) in [5.41, 5.74) is 0. The smallest absolute Gasteiger partial charge is 0.466 e. The van der Waals surface area contributed by atoms with Crippen molar-refractivity contribution >= 4 is 31.6 Å². The molecule has 21 heavy (non-hydrogen) atoms. The molecule has 0 saturated carbocycles. The van der Waals surface area contributed by atoms with Gasteiger partial charge in [0.2, 0.25) is 17.2 Å². The Bertz CT molecular complexity index is 960. The number of hydrogen-bond acceptors (Lipinski definition) is 9. The first-order valence-corrected chi connectivity index (χ1v) is 7.93. The Balaban J connectivity index is 2.49. The molecule has 0 bridgehead atoms. The first-order valence-electron chi connectivity index (χ1n) is 5.27. The Morgan fingerprint density at radius 3 is 1.90 bits per heavy atom. The van der Waals surface area contributed by atoms with Crippen LogP contribution >= 0.6 is 0 Å². The fourth-order valence-corrected chi connectivity index (χ4v) is 3.61. The van der Waals surface area contributed by atoms with Crippen molar-refractivity contribution in [2.45, 2.75) is 0 Å². The highest BCUT2D eigenvalue weighted by molar-refractivity contribution is 7.95. The zero-order valence-electron chi connectivity index (χ0n) is 9.88. The molecule has 1 aliphatic rings. The summed E-state index contributed by atoms with van der Waals surface area (Å²) in [6.07, 6.45) is 0. The summed E-state index contributed by atoms with van der Waals surface area (Å²) in [6, 6.07) is 5.69. The number of aromatic hydroxyl groups is 2. The number of phenols is 2. The van der Waals surface area contributed by atoms with E-state index in [1.165, 1.54) is 24.3 Å². The van der Waals surface area contributed by atoms with E-state index in [-0.39, 0.29) is 10.8 Å². The molecule has 0 fully saturated rings. The van der Waals surface area contributed by atoms with Crippen LogP contribution in [0, 0.1) is 0 Å². The summed E-state index contributed by atoms with van der Waals surface area (Å²) in [7, 11) is -10.00. The summed E-state index contributed by atoms with van der Waals surface area (Å²) in [5, 5.41) is 19.7. The molecule has 0 amide bonds. The number of rotatable bonds is 0. The quantitative estimate of drug-likeness (QED) is 0.661. The fraction of sp³-hybridized carbons (Fsp3) is 0. The lowest BCUT2D eigenvalue weighted by Gasteiger charge is -2.11. The van der Waals surface area contributed by atoms with Crippen LogP contribution < -0.4 is 8.37 Å².